The molecular formula is C15H28N2OS. The molecule has 1 atom stereocenters. The zero-order valence-corrected chi connectivity index (χ0v) is 13.7. The van der Waals surface area contributed by atoms with Crippen LogP contribution in [0.5, 0.6) is 0 Å². The van der Waals surface area contributed by atoms with E-state index in [9.17, 15) is 5.11 Å². The Kier molecular flexibility index (Phi) is 6.97. The van der Waals surface area contributed by atoms with Gasteiger partial charge in [0.1, 0.15) is 0 Å². The molecule has 1 aromatic rings. The van der Waals surface area contributed by atoms with Crippen LogP contribution in [-0.4, -0.2) is 33.7 Å². The summed E-state index contributed by atoms with van der Waals surface area (Å²) in [5.41, 5.74) is 1.14. The van der Waals surface area contributed by atoms with Crippen molar-refractivity contribution in [2.45, 2.75) is 66.2 Å². The van der Waals surface area contributed by atoms with Crippen LogP contribution in [0.1, 0.15) is 51.7 Å². The van der Waals surface area contributed by atoms with Gasteiger partial charge in [-0.2, -0.15) is 0 Å². The smallest absolute Gasteiger partial charge is 0.0928 e. The number of aryl methyl sites for hydroxylation is 1. The highest BCUT2D eigenvalue weighted by atomic mass is 32.1. The van der Waals surface area contributed by atoms with E-state index in [1.807, 2.05) is 6.92 Å². The number of thiazole rings is 1. The van der Waals surface area contributed by atoms with E-state index in [2.05, 4.69) is 38.0 Å². The Balaban J connectivity index is 2.55. The first kappa shape index (κ1) is 16.6. The van der Waals surface area contributed by atoms with E-state index in [4.69, 9.17) is 4.98 Å². The van der Waals surface area contributed by atoms with Gasteiger partial charge in [-0.15, -0.1) is 11.3 Å². The van der Waals surface area contributed by atoms with Crippen molar-refractivity contribution in [2.75, 3.05) is 6.54 Å². The van der Waals surface area contributed by atoms with Crippen molar-refractivity contribution in [1.29, 1.82) is 0 Å². The van der Waals surface area contributed by atoms with Crippen LogP contribution >= 0.6 is 11.3 Å². The molecule has 0 aliphatic rings. The molecule has 0 aliphatic heterocycles. The molecule has 0 radical (unpaired) electrons. The molecule has 0 amide bonds. The predicted molar refractivity (Wildman–Crippen MR) is 82.5 cm³/mol. The highest BCUT2D eigenvalue weighted by Gasteiger charge is 2.14. The average molecular weight is 284 g/mol. The molecule has 4 heteroatoms. The number of hydrogen-bond acceptors (Lipinski definition) is 4. The first-order valence-electron chi connectivity index (χ1n) is 7.23. The summed E-state index contributed by atoms with van der Waals surface area (Å²) in [7, 11) is 0. The maximum absolute atomic E-state index is 9.54. The fraction of sp³-hybridized carbons (Fsp3) is 0.800. The van der Waals surface area contributed by atoms with Crippen LogP contribution in [0.2, 0.25) is 0 Å². The molecule has 0 aromatic carbocycles. The second-order valence-corrected chi connectivity index (χ2v) is 6.98. The summed E-state index contributed by atoms with van der Waals surface area (Å²) < 4.78 is 0. The molecule has 0 bridgehead atoms. The fourth-order valence-electron chi connectivity index (χ4n) is 1.95. The Morgan fingerprint density at radius 1 is 1.26 bits per heavy atom. The minimum Gasteiger partial charge on any atom is -0.392 e. The lowest BCUT2D eigenvalue weighted by Crippen LogP contribution is -2.36. The van der Waals surface area contributed by atoms with Crippen LogP contribution in [0.4, 0.5) is 0 Å². The standard InChI is InChI=1S/C15H28N2OS/c1-11(2)6-7-15-16-14(10-19-15)9-17(12(3)4)8-13(5)18/h10-13,18H,6-9H2,1-5H3. The molecule has 110 valence electrons. The Labute approximate surface area is 121 Å². The van der Waals surface area contributed by atoms with Gasteiger partial charge in [0.05, 0.1) is 16.8 Å². The summed E-state index contributed by atoms with van der Waals surface area (Å²) in [6.45, 7) is 12.2. The summed E-state index contributed by atoms with van der Waals surface area (Å²) >= 11 is 1.76. The Hall–Kier alpha value is -0.450. The van der Waals surface area contributed by atoms with Crippen LogP contribution in [0.25, 0.3) is 0 Å². The second-order valence-electron chi connectivity index (χ2n) is 6.04. The van der Waals surface area contributed by atoms with Gasteiger partial charge in [-0.25, -0.2) is 4.98 Å². The molecule has 1 rings (SSSR count). The predicted octanol–water partition coefficient (Wildman–Crippen LogP) is 3.32. The van der Waals surface area contributed by atoms with Crippen molar-refractivity contribution in [3.05, 3.63) is 16.1 Å². The molecule has 19 heavy (non-hydrogen) atoms. The average Bonchev–Trinajstić information content (AvgIpc) is 2.72. The molecule has 0 aliphatic carbocycles. The van der Waals surface area contributed by atoms with Crippen LogP contribution in [-0.2, 0) is 13.0 Å². The molecule has 1 N–H and O–H groups in total. The SMILES string of the molecule is CC(C)CCc1nc(CN(CC(C)O)C(C)C)cs1. The molecular weight excluding hydrogens is 256 g/mol. The summed E-state index contributed by atoms with van der Waals surface area (Å²) in [6.07, 6.45) is 2.00. The number of aliphatic hydroxyl groups is 1. The lowest BCUT2D eigenvalue weighted by Gasteiger charge is -2.26. The van der Waals surface area contributed by atoms with E-state index in [0.717, 1.165) is 24.6 Å². The lowest BCUT2D eigenvalue weighted by atomic mass is 10.1. The molecule has 1 unspecified atom stereocenters. The van der Waals surface area contributed by atoms with Crippen molar-refractivity contribution >= 4 is 11.3 Å². The van der Waals surface area contributed by atoms with Gasteiger partial charge in [-0.3, -0.25) is 4.90 Å². The molecule has 3 nitrogen and oxygen atoms in total. The third kappa shape index (κ3) is 6.50. The molecule has 0 fully saturated rings. The number of hydrogen-bond donors (Lipinski definition) is 1. The number of nitrogens with zero attached hydrogens (tertiary/aromatic N) is 2. The van der Waals surface area contributed by atoms with Crippen molar-refractivity contribution in [3.63, 3.8) is 0 Å². The first-order chi connectivity index (χ1) is 8.88. The second kappa shape index (κ2) is 7.98. The zero-order chi connectivity index (χ0) is 14.4. The third-order valence-corrected chi connectivity index (χ3v) is 4.09. The van der Waals surface area contributed by atoms with Gasteiger partial charge >= 0.3 is 0 Å². The van der Waals surface area contributed by atoms with Crippen molar-refractivity contribution < 1.29 is 5.11 Å². The third-order valence-electron chi connectivity index (χ3n) is 3.13. The van der Waals surface area contributed by atoms with E-state index in [0.29, 0.717) is 12.6 Å². The van der Waals surface area contributed by atoms with E-state index in [1.54, 1.807) is 11.3 Å². The number of rotatable bonds is 8. The topological polar surface area (TPSA) is 36.4 Å². The number of aromatic nitrogens is 1. The quantitative estimate of drug-likeness (QED) is 0.795. The van der Waals surface area contributed by atoms with E-state index in [1.165, 1.54) is 11.4 Å². The molecule has 1 aromatic heterocycles. The van der Waals surface area contributed by atoms with Crippen LogP contribution in [0.3, 0.4) is 0 Å². The first-order valence-corrected chi connectivity index (χ1v) is 8.11. The van der Waals surface area contributed by atoms with Crippen molar-refractivity contribution in [3.8, 4) is 0 Å². The monoisotopic (exact) mass is 284 g/mol. The van der Waals surface area contributed by atoms with Crippen LogP contribution < -0.4 is 0 Å². The van der Waals surface area contributed by atoms with Gasteiger partial charge in [0.2, 0.25) is 0 Å². The maximum atomic E-state index is 9.54. The summed E-state index contributed by atoms with van der Waals surface area (Å²) in [5.74, 6) is 0.731. The van der Waals surface area contributed by atoms with Gasteiger partial charge in [0, 0.05) is 24.5 Å². The minimum absolute atomic E-state index is 0.290. The normalized spacial score (nSPS) is 13.7. The Morgan fingerprint density at radius 3 is 2.47 bits per heavy atom. The summed E-state index contributed by atoms with van der Waals surface area (Å²) in [4.78, 5) is 6.98. The number of aliphatic hydroxyl groups excluding tert-OH is 1. The fourth-order valence-corrected chi connectivity index (χ4v) is 2.76. The molecule has 0 spiro atoms. The van der Waals surface area contributed by atoms with E-state index in [-0.39, 0.29) is 6.10 Å². The van der Waals surface area contributed by atoms with Crippen molar-refractivity contribution in [2.24, 2.45) is 5.92 Å². The zero-order valence-electron chi connectivity index (χ0n) is 12.9. The van der Waals surface area contributed by atoms with Gasteiger partial charge in [0.25, 0.3) is 0 Å². The van der Waals surface area contributed by atoms with Crippen LogP contribution in [0, 0.1) is 5.92 Å². The summed E-state index contributed by atoms with van der Waals surface area (Å²) in [6, 6.07) is 0.426. The van der Waals surface area contributed by atoms with Crippen LogP contribution in [0.15, 0.2) is 5.38 Å². The highest BCUT2D eigenvalue weighted by Crippen LogP contribution is 2.16. The largest absolute Gasteiger partial charge is 0.392 e. The minimum atomic E-state index is -0.290. The van der Waals surface area contributed by atoms with Gasteiger partial charge in [-0.1, -0.05) is 13.8 Å². The van der Waals surface area contributed by atoms with Gasteiger partial charge < -0.3 is 5.11 Å². The molecule has 0 saturated carbocycles. The van der Waals surface area contributed by atoms with Crippen molar-refractivity contribution in [1.82, 2.24) is 9.88 Å². The Morgan fingerprint density at radius 2 is 1.95 bits per heavy atom. The maximum Gasteiger partial charge on any atom is 0.0928 e. The summed E-state index contributed by atoms with van der Waals surface area (Å²) in [5, 5.41) is 12.9. The Bertz CT molecular complexity index is 361. The van der Waals surface area contributed by atoms with Gasteiger partial charge in [-0.05, 0) is 39.5 Å². The van der Waals surface area contributed by atoms with E-state index >= 15 is 0 Å². The molecule has 1 heterocycles. The highest BCUT2D eigenvalue weighted by molar-refractivity contribution is 7.09. The van der Waals surface area contributed by atoms with Gasteiger partial charge in [0.15, 0.2) is 0 Å². The molecule has 0 saturated heterocycles. The lowest BCUT2D eigenvalue weighted by molar-refractivity contribution is 0.102. The van der Waals surface area contributed by atoms with E-state index < -0.39 is 0 Å².